The van der Waals surface area contributed by atoms with Gasteiger partial charge in [0.25, 0.3) is 0 Å². The van der Waals surface area contributed by atoms with E-state index in [1.807, 2.05) is 42.2 Å². The van der Waals surface area contributed by atoms with Crippen molar-refractivity contribution < 1.29 is 9.59 Å². The maximum absolute atomic E-state index is 12.4. The van der Waals surface area contributed by atoms with Crippen LogP contribution in [0.5, 0.6) is 0 Å². The van der Waals surface area contributed by atoms with Gasteiger partial charge in [0.2, 0.25) is 11.8 Å². The first-order valence-corrected chi connectivity index (χ1v) is 7.68. The molecule has 0 aliphatic carbocycles. The van der Waals surface area contributed by atoms with E-state index in [1.54, 1.807) is 0 Å². The molecule has 0 heterocycles. The van der Waals surface area contributed by atoms with Crippen molar-refractivity contribution in [1.29, 1.82) is 0 Å². The lowest BCUT2D eigenvalue weighted by atomic mass is 10.0. The fourth-order valence-corrected chi connectivity index (χ4v) is 2.29. The molecule has 1 atom stereocenters. The molecule has 0 aromatic heterocycles. The largest absolute Gasteiger partial charge is 0.349 e. The Labute approximate surface area is 127 Å². The first-order chi connectivity index (χ1) is 10.1. The van der Waals surface area contributed by atoms with E-state index in [0.717, 1.165) is 24.9 Å². The van der Waals surface area contributed by atoms with Crippen molar-refractivity contribution >= 4 is 11.8 Å². The average molecular weight is 290 g/mol. The summed E-state index contributed by atoms with van der Waals surface area (Å²) in [6.45, 7) is 7.08. The number of amides is 2. The van der Waals surface area contributed by atoms with Crippen molar-refractivity contribution in [1.82, 2.24) is 10.2 Å². The number of rotatable bonds is 8. The van der Waals surface area contributed by atoms with Crippen LogP contribution in [0.25, 0.3) is 0 Å². The van der Waals surface area contributed by atoms with Crippen molar-refractivity contribution in [2.24, 2.45) is 0 Å². The molecule has 4 heteroatoms. The molecule has 0 bridgehead atoms. The first-order valence-electron chi connectivity index (χ1n) is 7.68. The lowest BCUT2D eigenvalue weighted by Gasteiger charge is -2.24. The molecule has 0 fully saturated rings. The number of hydrogen-bond acceptors (Lipinski definition) is 2. The summed E-state index contributed by atoms with van der Waals surface area (Å²) in [7, 11) is 0. The third-order valence-electron chi connectivity index (χ3n) is 3.47. The Hall–Kier alpha value is -1.84. The number of carbonyl (C=O) groups is 2. The Morgan fingerprint density at radius 3 is 2.38 bits per heavy atom. The van der Waals surface area contributed by atoms with Crippen molar-refractivity contribution in [3.8, 4) is 0 Å². The number of hydrogen-bond donors (Lipinski definition) is 1. The molecule has 1 N–H and O–H groups in total. The summed E-state index contributed by atoms with van der Waals surface area (Å²) in [5.41, 5.74) is 0.965. The van der Waals surface area contributed by atoms with E-state index in [1.165, 1.54) is 6.92 Å². The summed E-state index contributed by atoms with van der Waals surface area (Å²) in [4.78, 5) is 25.7. The quantitative estimate of drug-likeness (QED) is 0.800. The highest BCUT2D eigenvalue weighted by molar-refractivity contribution is 5.79. The standard InChI is InChI=1S/C17H26N2O2/c1-4-6-12-19(5-2)17(21)13-16(18-14(3)20)15-10-8-7-9-11-15/h7-11,16H,4-6,12-13H2,1-3H3,(H,18,20). The smallest absolute Gasteiger partial charge is 0.224 e. The molecule has 0 aliphatic rings. The van der Waals surface area contributed by atoms with Gasteiger partial charge in [0.1, 0.15) is 0 Å². The van der Waals surface area contributed by atoms with E-state index in [-0.39, 0.29) is 17.9 Å². The zero-order valence-electron chi connectivity index (χ0n) is 13.3. The Bertz CT molecular complexity index is 445. The van der Waals surface area contributed by atoms with Crippen LogP contribution in [0.3, 0.4) is 0 Å². The fourth-order valence-electron chi connectivity index (χ4n) is 2.29. The molecule has 1 unspecified atom stereocenters. The minimum Gasteiger partial charge on any atom is -0.349 e. The van der Waals surface area contributed by atoms with Crippen molar-refractivity contribution in [2.45, 2.75) is 46.1 Å². The summed E-state index contributed by atoms with van der Waals surface area (Å²) >= 11 is 0. The van der Waals surface area contributed by atoms with Gasteiger partial charge in [-0.2, -0.15) is 0 Å². The summed E-state index contributed by atoms with van der Waals surface area (Å²) < 4.78 is 0. The maximum Gasteiger partial charge on any atom is 0.224 e. The van der Waals surface area contributed by atoms with Gasteiger partial charge in [-0.3, -0.25) is 9.59 Å². The molecule has 0 saturated carbocycles. The van der Waals surface area contributed by atoms with E-state index in [4.69, 9.17) is 0 Å². The summed E-state index contributed by atoms with van der Waals surface area (Å²) in [5, 5.41) is 2.88. The maximum atomic E-state index is 12.4. The van der Waals surface area contributed by atoms with Crippen molar-refractivity contribution in [3.63, 3.8) is 0 Å². The average Bonchev–Trinajstić information content (AvgIpc) is 2.48. The third-order valence-corrected chi connectivity index (χ3v) is 3.47. The van der Waals surface area contributed by atoms with Gasteiger partial charge in [-0.1, -0.05) is 43.7 Å². The van der Waals surface area contributed by atoms with Crippen molar-refractivity contribution in [3.05, 3.63) is 35.9 Å². The highest BCUT2D eigenvalue weighted by Gasteiger charge is 2.20. The van der Waals surface area contributed by atoms with Crippen LogP contribution in [0.2, 0.25) is 0 Å². The number of unbranched alkanes of at least 4 members (excludes halogenated alkanes) is 1. The molecule has 21 heavy (non-hydrogen) atoms. The van der Waals surface area contributed by atoms with E-state index in [0.29, 0.717) is 13.0 Å². The summed E-state index contributed by atoms with van der Waals surface area (Å²) in [5.74, 6) is -0.0261. The van der Waals surface area contributed by atoms with E-state index < -0.39 is 0 Å². The molecule has 0 aliphatic heterocycles. The summed E-state index contributed by atoms with van der Waals surface area (Å²) in [6.07, 6.45) is 2.38. The van der Waals surface area contributed by atoms with Crippen molar-refractivity contribution in [2.75, 3.05) is 13.1 Å². The molecule has 116 valence electrons. The second-order valence-electron chi connectivity index (χ2n) is 5.19. The molecular weight excluding hydrogens is 264 g/mol. The predicted molar refractivity (Wildman–Crippen MR) is 84.8 cm³/mol. The van der Waals surface area contributed by atoms with Crippen LogP contribution in [-0.4, -0.2) is 29.8 Å². The van der Waals surface area contributed by atoms with E-state index in [9.17, 15) is 9.59 Å². The van der Waals surface area contributed by atoms with Crippen LogP contribution in [0.4, 0.5) is 0 Å². The predicted octanol–water partition coefficient (Wildman–Crippen LogP) is 2.90. The van der Waals surface area contributed by atoms with Gasteiger partial charge in [-0.15, -0.1) is 0 Å². The van der Waals surface area contributed by atoms with Gasteiger partial charge in [-0.25, -0.2) is 0 Å². The van der Waals surface area contributed by atoms with Gasteiger partial charge in [0.05, 0.1) is 12.5 Å². The highest BCUT2D eigenvalue weighted by Crippen LogP contribution is 2.18. The molecule has 2 amide bonds. The van der Waals surface area contributed by atoms with Gasteiger partial charge in [0.15, 0.2) is 0 Å². The highest BCUT2D eigenvalue weighted by atomic mass is 16.2. The van der Waals surface area contributed by atoms with E-state index >= 15 is 0 Å². The number of nitrogens with zero attached hydrogens (tertiary/aromatic N) is 1. The number of carbonyl (C=O) groups excluding carboxylic acids is 2. The monoisotopic (exact) mass is 290 g/mol. The van der Waals surface area contributed by atoms with Gasteiger partial charge < -0.3 is 10.2 Å². The lowest BCUT2D eigenvalue weighted by molar-refractivity contribution is -0.132. The number of nitrogens with one attached hydrogen (secondary N) is 1. The van der Waals surface area contributed by atoms with Crippen LogP contribution in [0.15, 0.2) is 30.3 Å². The number of benzene rings is 1. The van der Waals surface area contributed by atoms with Crippen LogP contribution in [-0.2, 0) is 9.59 Å². The Balaban J connectivity index is 2.76. The van der Waals surface area contributed by atoms with Crippen LogP contribution in [0.1, 0.15) is 51.6 Å². The van der Waals surface area contributed by atoms with Crippen LogP contribution < -0.4 is 5.32 Å². The van der Waals surface area contributed by atoms with Crippen LogP contribution >= 0.6 is 0 Å². The van der Waals surface area contributed by atoms with Gasteiger partial charge in [-0.05, 0) is 18.9 Å². The molecule has 1 aromatic rings. The van der Waals surface area contributed by atoms with E-state index in [2.05, 4.69) is 12.2 Å². The second-order valence-corrected chi connectivity index (χ2v) is 5.19. The lowest BCUT2D eigenvalue weighted by Crippen LogP contribution is -2.36. The second kappa shape index (κ2) is 9.16. The fraction of sp³-hybridized carbons (Fsp3) is 0.529. The zero-order valence-corrected chi connectivity index (χ0v) is 13.3. The minimum absolute atomic E-state index is 0.0913. The summed E-state index contributed by atoms with van der Waals surface area (Å²) in [6, 6.07) is 9.39. The molecule has 1 rings (SSSR count). The SMILES string of the molecule is CCCCN(CC)C(=O)CC(NC(C)=O)c1ccccc1. The molecule has 0 spiro atoms. The normalized spacial score (nSPS) is 11.8. The molecule has 4 nitrogen and oxygen atoms in total. The topological polar surface area (TPSA) is 49.4 Å². The molecule has 1 aromatic carbocycles. The zero-order chi connectivity index (χ0) is 15.7. The molecular formula is C17H26N2O2. The molecule has 0 saturated heterocycles. The van der Waals surface area contributed by atoms with Crippen LogP contribution in [0, 0.1) is 0 Å². The Morgan fingerprint density at radius 1 is 1.19 bits per heavy atom. The first kappa shape index (κ1) is 17.2. The Morgan fingerprint density at radius 2 is 1.86 bits per heavy atom. The minimum atomic E-state index is -0.258. The van der Waals surface area contributed by atoms with Gasteiger partial charge in [0, 0.05) is 20.0 Å². The van der Waals surface area contributed by atoms with Gasteiger partial charge >= 0.3 is 0 Å². The molecule has 0 radical (unpaired) electrons. The third kappa shape index (κ3) is 5.98. The Kier molecular flexibility index (Phi) is 7.51.